The fraction of sp³-hybridized carbons (Fsp3) is 0.375. The third kappa shape index (κ3) is 4.55. The predicted octanol–water partition coefficient (Wildman–Crippen LogP) is 1.85. The highest BCUT2D eigenvalue weighted by molar-refractivity contribution is 6.46. The van der Waals surface area contributed by atoms with E-state index in [0.717, 1.165) is 13.1 Å². The molecule has 9 heteroatoms. The van der Waals surface area contributed by atoms with Crippen molar-refractivity contribution in [3.8, 4) is 11.5 Å². The molecule has 174 valence electrons. The van der Waals surface area contributed by atoms with Gasteiger partial charge in [-0.1, -0.05) is 6.07 Å². The highest BCUT2D eigenvalue weighted by Gasteiger charge is 2.46. The molecule has 9 nitrogen and oxygen atoms in total. The molecule has 1 N–H and O–H groups in total. The quantitative estimate of drug-likeness (QED) is 0.385. The molecule has 0 unspecified atom stereocenters. The van der Waals surface area contributed by atoms with Gasteiger partial charge < -0.3 is 24.2 Å². The van der Waals surface area contributed by atoms with Crippen molar-refractivity contribution < 1.29 is 28.9 Å². The molecule has 33 heavy (non-hydrogen) atoms. The van der Waals surface area contributed by atoms with Crippen LogP contribution in [-0.4, -0.2) is 85.2 Å². The molecule has 2 fully saturated rings. The van der Waals surface area contributed by atoms with Gasteiger partial charge in [-0.3, -0.25) is 19.5 Å². The molecule has 1 aromatic carbocycles. The molecule has 2 saturated heterocycles. The molecule has 1 atom stereocenters. The summed E-state index contributed by atoms with van der Waals surface area (Å²) in [6, 6.07) is 7.64. The molecular formula is C24H27N3O6. The maximum Gasteiger partial charge on any atom is 0.295 e. The van der Waals surface area contributed by atoms with E-state index in [9.17, 15) is 14.7 Å². The lowest BCUT2D eigenvalue weighted by Crippen LogP contribution is -2.42. The number of likely N-dealkylation sites (tertiary alicyclic amines) is 1. The van der Waals surface area contributed by atoms with Crippen molar-refractivity contribution in [1.82, 2.24) is 14.8 Å². The van der Waals surface area contributed by atoms with Gasteiger partial charge in [0.2, 0.25) is 0 Å². The third-order valence-corrected chi connectivity index (χ3v) is 5.96. The van der Waals surface area contributed by atoms with Gasteiger partial charge in [-0.25, -0.2) is 0 Å². The van der Waals surface area contributed by atoms with E-state index in [1.165, 1.54) is 19.1 Å². The molecule has 0 aliphatic carbocycles. The van der Waals surface area contributed by atoms with Gasteiger partial charge in [0.1, 0.15) is 5.76 Å². The van der Waals surface area contributed by atoms with Gasteiger partial charge >= 0.3 is 0 Å². The maximum absolute atomic E-state index is 13.1. The Hall–Kier alpha value is -3.43. The smallest absolute Gasteiger partial charge is 0.295 e. The number of pyridine rings is 1. The number of aliphatic hydroxyl groups excluding tert-OH is 1. The summed E-state index contributed by atoms with van der Waals surface area (Å²) < 4.78 is 16.0. The van der Waals surface area contributed by atoms with E-state index < -0.39 is 17.7 Å². The van der Waals surface area contributed by atoms with Crippen molar-refractivity contribution in [3.63, 3.8) is 0 Å². The molecule has 4 rings (SSSR count). The lowest BCUT2D eigenvalue weighted by atomic mass is 9.96. The molecule has 2 aliphatic rings. The van der Waals surface area contributed by atoms with Crippen molar-refractivity contribution in [3.05, 3.63) is 59.4 Å². The van der Waals surface area contributed by atoms with Crippen LogP contribution in [0.4, 0.5) is 0 Å². The Morgan fingerprint density at radius 1 is 1.12 bits per heavy atom. The van der Waals surface area contributed by atoms with E-state index in [1.807, 2.05) is 0 Å². The first-order valence-electron chi connectivity index (χ1n) is 10.8. The second-order valence-corrected chi connectivity index (χ2v) is 7.80. The number of benzene rings is 1. The molecule has 0 bridgehead atoms. The number of aliphatic hydroxyl groups is 1. The number of amides is 1. The number of aromatic nitrogens is 1. The molecule has 2 aliphatic heterocycles. The van der Waals surface area contributed by atoms with Gasteiger partial charge in [0.25, 0.3) is 11.7 Å². The highest BCUT2D eigenvalue weighted by Crippen LogP contribution is 2.40. The first-order chi connectivity index (χ1) is 16.0. The average Bonchev–Trinajstić information content (AvgIpc) is 3.12. The summed E-state index contributed by atoms with van der Waals surface area (Å²) >= 11 is 0. The van der Waals surface area contributed by atoms with Crippen molar-refractivity contribution in [1.29, 1.82) is 0 Å². The van der Waals surface area contributed by atoms with Crippen LogP contribution in [0.3, 0.4) is 0 Å². The molecule has 2 aromatic rings. The number of morpholine rings is 1. The number of rotatable bonds is 7. The number of hydrogen-bond donors (Lipinski definition) is 1. The number of methoxy groups -OCH3 is 2. The Balaban J connectivity index is 1.73. The topological polar surface area (TPSA) is 101 Å². The Kier molecular flexibility index (Phi) is 6.90. The zero-order valence-electron chi connectivity index (χ0n) is 18.7. The summed E-state index contributed by atoms with van der Waals surface area (Å²) in [5, 5.41) is 11.2. The average molecular weight is 453 g/mol. The van der Waals surface area contributed by atoms with Gasteiger partial charge in [-0.15, -0.1) is 0 Å². The summed E-state index contributed by atoms with van der Waals surface area (Å²) in [4.78, 5) is 34.0. The lowest BCUT2D eigenvalue weighted by Gasteiger charge is -2.30. The molecule has 3 heterocycles. The summed E-state index contributed by atoms with van der Waals surface area (Å²) in [5.41, 5.74) is 1.04. The third-order valence-electron chi connectivity index (χ3n) is 5.96. The minimum atomic E-state index is -0.743. The van der Waals surface area contributed by atoms with E-state index in [4.69, 9.17) is 14.2 Å². The van der Waals surface area contributed by atoms with Crippen molar-refractivity contribution in [2.24, 2.45) is 0 Å². The van der Waals surface area contributed by atoms with Crippen LogP contribution < -0.4 is 9.47 Å². The normalized spacial score (nSPS) is 20.8. The molecular weight excluding hydrogens is 426 g/mol. The monoisotopic (exact) mass is 453 g/mol. The van der Waals surface area contributed by atoms with E-state index >= 15 is 0 Å². The van der Waals surface area contributed by atoms with Crippen LogP contribution in [0.25, 0.3) is 5.76 Å². The highest BCUT2D eigenvalue weighted by atomic mass is 16.5. The number of ether oxygens (including phenoxy) is 3. The van der Waals surface area contributed by atoms with Gasteiger partial charge in [-0.05, 0) is 29.8 Å². The predicted molar refractivity (Wildman–Crippen MR) is 120 cm³/mol. The van der Waals surface area contributed by atoms with E-state index in [-0.39, 0.29) is 11.3 Å². The SMILES string of the molecule is COc1ccc(/C(O)=C2\C(=O)C(=O)N(CCN3CCOCC3)[C@H]2c2cccnc2)cc1OC. The van der Waals surface area contributed by atoms with E-state index in [1.54, 1.807) is 42.7 Å². The standard InChI is InChI=1S/C24H27N3O6/c1-31-18-6-5-16(14-19(18)32-2)22(28)20-21(17-4-3-7-25-15-17)27(24(30)23(20)29)9-8-26-10-12-33-13-11-26/h3-7,14-15,21,28H,8-13H2,1-2H3/b22-20+/t21-/m0/s1. The fourth-order valence-electron chi connectivity index (χ4n) is 4.21. The number of nitrogens with zero attached hydrogens (tertiary/aromatic N) is 3. The van der Waals surface area contributed by atoms with Crippen LogP contribution in [0.15, 0.2) is 48.3 Å². The maximum atomic E-state index is 13.1. The van der Waals surface area contributed by atoms with Crippen molar-refractivity contribution >= 4 is 17.4 Å². The fourth-order valence-corrected chi connectivity index (χ4v) is 4.21. The molecule has 1 amide bonds. The molecule has 0 radical (unpaired) electrons. The first kappa shape index (κ1) is 22.8. The van der Waals surface area contributed by atoms with Crippen LogP contribution in [0.1, 0.15) is 17.2 Å². The summed E-state index contributed by atoms with van der Waals surface area (Å²) in [6.45, 7) is 3.77. The van der Waals surface area contributed by atoms with Crippen LogP contribution >= 0.6 is 0 Å². The Labute approximate surface area is 192 Å². The van der Waals surface area contributed by atoms with Crippen molar-refractivity contribution in [2.45, 2.75) is 6.04 Å². The summed E-state index contributed by atoms with van der Waals surface area (Å²) in [6.07, 6.45) is 3.23. The van der Waals surface area contributed by atoms with Gasteiger partial charge in [-0.2, -0.15) is 0 Å². The largest absolute Gasteiger partial charge is 0.507 e. The molecule has 1 aromatic heterocycles. The second kappa shape index (κ2) is 10.0. The zero-order chi connectivity index (χ0) is 23.4. The van der Waals surface area contributed by atoms with E-state index in [2.05, 4.69) is 9.88 Å². The van der Waals surface area contributed by atoms with Crippen LogP contribution in [0.5, 0.6) is 11.5 Å². The van der Waals surface area contributed by atoms with Gasteiger partial charge in [0.05, 0.1) is 39.0 Å². The van der Waals surface area contributed by atoms with Gasteiger partial charge in [0.15, 0.2) is 11.5 Å². The molecule has 0 saturated carbocycles. The summed E-state index contributed by atoms with van der Waals surface area (Å²) in [5.74, 6) is -0.737. The Morgan fingerprint density at radius 3 is 2.55 bits per heavy atom. The minimum absolute atomic E-state index is 0.0298. The first-order valence-corrected chi connectivity index (χ1v) is 10.8. The minimum Gasteiger partial charge on any atom is -0.507 e. The Morgan fingerprint density at radius 2 is 1.88 bits per heavy atom. The van der Waals surface area contributed by atoms with Crippen LogP contribution in [-0.2, 0) is 14.3 Å². The number of ketones is 1. The van der Waals surface area contributed by atoms with E-state index in [0.29, 0.717) is 48.9 Å². The number of carbonyl (C=O) groups is 2. The number of carbonyl (C=O) groups excluding carboxylic acids is 2. The summed E-state index contributed by atoms with van der Waals surface area (Å²) in [7, 11) is 3.00. The second-order valence-electron chi connectivity index (χ2n) is 7.80. The Bertz CT molecular complexity index is 1050. The molecule has 0 spiro atoms. The lowest BCUT2D eigenvalue weighted by molar-refractivity contribution is -0.140. The van der Waals surface area contributed by atoms with Gasteiger partial charge in [0, 0.05) is 44.1 Å². The zero-order valence-corrected chi connectivity index (χ0v) is 18.7. The number of hydrogen-bond acceptors (Lipinski definition) is 8. The van der Waals surface area contributed by atoms with Crippen molar-refractivity contribution in [2.75, 3.05) is 53.6 Å². The van der Waals surface area contributed by atoms with Crippen LogP contribution in [0, 0.1) is 0 Å². The number of Topliss-reactive ketones (excluding diaryl/α,β-unsaturated/α-hetero) is 1. The van der Waals surface area contributed by atoms with Crippen LogP contribution in [0.2, 0.25) is 0 Å².